The Morgan fingerprint density at radius 1 is 0.938 bits per heavy atom. The zero-order valence-corrected chi connectivity index (χ0v) is 17.2. The lowest BCUT2D eigenvalue weighted by Crippen LogP contribution is -2.54. The van der Waals surface area contributed by atoms with E-state index in [2.05, 4.69) is 10.6 Å². The molecule has 0 radical (unpaired) electrons. The lowest BCUT2D eigenvalue weighted by Gasteiger charge is -2.38. The van der Waals surface area contributed by atoms with E-state index in [1.807, 2.05) is 6.07 Å². The molecule has 0 spiro atoms. The molecular formula is C24H20F3N3O2. The van der Waals surface area contributed by atoms with E-state index in [0.29, 0.717) is 11.3 Å². The molecule has 1 saturated heterocycles. The molecule has 2 amide bonds. The van der Waals surface area contributed by atoms with Gasteiger partial charge in [-0.25, -0.2) is 13.2 Å². The number of aryl methyl sites for hydroxylation is 1. The number of amides is 2. The number of carbonyl (C=O) groups excluding carboxylic acids is 2. The predicted molar refractivity (Wildman–Crippen MR) is 115 cm³/mol. The third kappa shape index (κ3) is 4.30. The van der Waals surface area contributed by atoms with E-state index < -0.39 is 35.0 Å². The van der Waals surface area contributed by atoms with Crippen molar-refractivity contribution in [2.75, 3.05) is 23.7 Å². The van der Waals surface area contributed by atoms with Crippen LogP contribution in [-0.2, 0) is 4.79 Å². The van der Waals surface area contributed by atoms with Crippen LogP contribution in [-0.4, -0.2) is 29.8 Å². The molecule has 3 aromatic rings. The first-order valence-electron chi connectivity index (χ1n) is 10.00. The average Bonchev–Trinajstić information content (AvgIpc) is 2.72. The van der Waals surface area contributed by atoms with Gasteiger partial charge in [-0.05, 0) is 48.9 Å². The first-order valence-corrected chi connectivity index (χ1v) is 10.00. The molecule has 0 saturated carbocycles. The number of hydrogen-bond acceptors (Lipinski definition) is 3. The SMILES string of the molecule is Cc1ccc(Nc2c(C(=O)N3CC(C(=O)Nc4ccccc4)C3)ccc(F)c2F)c(F)c1. The molecule has 1 aliphatic heterocycles. The number of likely N-dealkylation sites (tertiary alicyclic amines) is 1. The number of nitrogens with one attached hydrogen (secondary N) is 2. The van der Waals surface area contributed by atoms with Crippen LogP contribution in [0.3, 0.4) is 0 Å². The Kier molecular flexibility index (Phi) is 5.85. The van der Waals surface area contributed by atoms with Crippen molar-refractivity contribution in [2.45, 2.75) is 6.92 Å². The van der Waals surface area contributed by atoms with E-state index in [1.54, 1.807) is 37.3 Å². The Balaban J connectivity index is 1.50. The summed E-state index contributed by atoms with van der Waals surface area (Å²) in [5.74, 6) is -4.34. The van der Waals surface area contributed by atoms with Crippen LogP contribution in [0.1, 0.15) is 15.9 Å². The number of carbonyl (C=O) groups is 2. The van der Waals surface area contributed by atoms with Crippen LogP contribution >= 0.6 is 0 Å². The molecule has 1 heterocycles. The summed E-state index contributed by atoms with van der Waals surface area (Å²) >= 11 is 0. The van der Waals surface area contributed by atoms with Gasteiger partial charge in [-0.15, -0.1) is 0 Å². The van der Waals surface area contributed by atoms with Gasteiger partial charge >= 0.3 is 0 Å². The van der Waals surface area contributed by atoms with Crippen LogP contribution in [0.15, 0.2) is 60.7 Å². The third-order valence-electron chi connectivity index (χ3n) is 5.29. The summed E-state index contributed by atoms with van der Waals surface area (Å²) in [6.45, 7) is 1.96. The molecule has 0 aromatic heterocycles. The zero-order valence-electron chi connectivity index (χ0n) is 17.2. The number of halogens is 3. The highest BCUT2D eigenvalue weighted by molar-refractivity contribution is 6.02. The predicted octanol–water partition coefficient (Wildman–Crippen LogP) is 4.87. The fourth-order valence-corrected chi connectivity index (χ4v) is 3.45. The second-order valence-electron chi connectivity index (χ2n) is 7.65. The number of anilines is 3. The molecule has 1 fully saturated rings. The molecule has 5 nitrogen and oxygen atoms in total. The largest absolute Gasteiger partial charge is 0.350 e. The summed E-state index contributed by atoms with van der Waals surface area (Å²) in [5.41, 5.74) is 0.623. The minimum absolute atomic E-state index is 0.0853. The third-order valence-corrected chi connectivity index (χ3v) is 5.29. The maximum absolute atomic E-state index is 14.6. The van der Waals surface area contributed by atoms with Crippen molar-refractivity contribution in [3.63, 3.8) is 0 Å². The van der Waals surface area contributed by atoms with Crippen molar-refractivity contribution >= 4 is 28.9 Å². The van der Waals surface area contributed by atoms with Crippen molar-refractivity contribution in [2.24, 2.45) is 5.92 Å². The molecule has 0 unspecified atom stereocenters. The Morgan fingerprint density at radius 3 is 2.34 bits per heavy atom. The number of para-hydroxylation sites is 1. The Hall–Kier alpha value is -3.81. The van der Waals surface area contributed by atoms with Gasteiger partial charge in [0.25, 0.3) is 5.91 Å². The van der Waals surface area contributed by atoms with E-state index in [-0.39, 0.29) is 30.2 Å². The van der Waals surface area contributed by atoms with Crippen LogP contribution in [0.5, 0.6) is 0 Å². The van der Waals surface area contributed by atoms with Crippen molar-refractivity contribution in [1.29, 1.82) is 0 Å². The van der Waals surface area contributed by atoms with E-state index in [0.717, 1.165) is 12.1 Å². The lowest BCUT2D eigenvalue weighted by molar-refractivity contribution is -0.123. The number of hydrogen-bond donors (Lipinski definition) is 2. The van der Waals surface area contributed by atoms with Crippen molar-refractivity contribution in [3.05, 3.63) is 89.2 Å². The molecule has 0 aliphatic carbocycles. The van der Waals surface area contributed by atoms with E-state index in [1.165, 1.54) is 17.0 Å². The van der Waals surface area contributed by atoms with E-state index in [9.17, 15) is 22.8 Å². The van der Waals surface area contributed by atoms with Gasteiger partial charge in [0.2, 0.25) is 5.91 Å². The minimum Gasteiger partial charge on any atom is -0.350 e. The topological polar surface area (TPSA) is 61.4 Å². The van der Waals surface area contributed by atoms with Crippen molar-refractivity contribution < 1.29 is 22.8 Å². The smallest absolute Gasteiger partial charge is 0.256 e. The normalized spacial score (nSPS) is 13.4. The molecule has 164 valence electrons. The summed E-state index contributed by atoms with van der Waals surface area (Å²) in [6.07, 6.45) is 0. The fourth-order valence-electron chi connectivity index (χ4n) is 3.45. The molecule has 8 heteroatoms. The first kappa shape index (κ1) is 21.4. The van der Waals surface area contributed by atoms with Gasteiger partial charge < -0.3 is 15.5 Å². The lowest BCUT2D eigenvalue weighted by atomic mass is 9.97. The highest BCUT2D eigenvalue weighted by atomic mass is 19.2. The molecule has 3 aromatic carbocycles. The maximum atomic E-state index is 14.6. The Morgan fingerprint density at radius 2 is 1.66 bits per heavy atom. The number of benzene rings is 3. The highest BCUT2D eigenvalue weighted by Crippen LogP contribution is 2.31. The summed E-state index contributed by atoms with van der Waals surface area (Å²) in [6, 6.07) is 15.1. The number of nitrogens with zero attached hydrogens (tertiary/aromatic N) is 1. The summed E-state index contributed by atoms with van der Waals surface area (Å²) in [5, 5.41) is 5.28. The fraction of sp³-hybridized carbons (Fsp3) is 0.167. The second kappa shape index (κ2) is 8.74. The minimum atomic E-state index is -1.28. The average molecular weight is 439 g/mol. The van der Waals surface area contributed by atoms with E-state index >= 15 is 0 Å². The van der Waals surface area contributed by atoms with Gasteiger partial charge in [0.15, 0.2) is 11.6 Å². The molecule has 32 heavy (non-hydrogen) atoms. The van der Waals surface area contributed by atoms with Gasteiger partial charge in [0.05, 0.1) is 22.9 Å². The van der Waals surface area contributed by atoms with Gasteiger partial charge in [-0.3, -0.25) is 9.59 Å². The van der Waals surface area contributed by atoms with Gasteiger partial charge in [0, 0.05) is 18.8 Å². The molecule has 0 bridgehead atoms. The quantitative estimate of drug-likeness (QED) is 0.597. The molecule has 4 rings (SSSR count). The summed E-state index contributed by atoms with van der Waals surface area (Å²) < 4.78 is 42.7. The molecule has 0 atom stereocenters. The van der Waals surface area contributed by atoms with E-state index in [4.69, 9.17) is 0 Å². The van der Waals surface area contributed by atoms with Crippen LogP contribution in [0.4, 0.5) is 30.2 Å². The monoisotopic (exact) mass is 439 g/mol. The molecular weight excluding hydrogens is 419 g/mol. The summed E-state index contributed by atoms with van der Waals surface area (Å²) in [7, 11) is 0. The van der Waals surface area contributed by atoms with Gasteiger partial charge in [-0.1, -0.05) is 24.3 Å². The van der Waals surface area contributed by atoms with Crippen molar-refractivity contribution in [1.82, 2.24) is 4.90 Å². The second-order valence-corrected chi connectivity index (χ2v) is 7.65. The van der Waals surface area contributed by atoms with Crippen LogP contribution in [0, 0.1) is 30.3 Å². The molecule has 2 N–H and O–H groups in total. The Labute approximate surface area is 182 Å². The van der Waals surface area contributed by atoms with Crippen LogP contribution in [0.25, 0.3) is 0 Å². The highest BCUT2D eigenvalue weighted by Gasteiger charge is 2.37. The number of rotatable bonds is 5. The standard InChI is InChI=1S/C24H20F3N3O2/c1-14-7-10-20(19(26)11-14)29-22-17(8-9-18(25)21(22)27)24(32)30-12-15(13-30)23(31)28-16-5-3-2-4-6-16/h2-11,15,29H,12-13H2,1H3,(H,28,31). The summed E-state index contributed by atoms with van der Waals surface area (Å²) in [4.78, 5) is 26.7. The maximum Gasteiger partial charge on any atom is 0.256 e. The van der Waals surface area contributed by atoms with Crippen LogP contribution < -0.4 is 10.6 Å². The molecule has 1 aliphatic rings. The van der Waals surface area contributed by atoms with Gasteiger partial charge in [0.1, 0.15) is 5.82 Å². The van der Waals surface area contributed by atoms with Gasteiger partial charge in [-0.2, -0.15) is 0 Å². The zero-order chi connectivity index (χ0) is 22.8. The first-order chi connectivity index (χ1) is 15.3. The Bertz CT molecular complexity index is 1180. The van der Waals surface area contributed by atoms with Crippen LogP contribution in [0.2, 0.25) is 0 Å². The van der Waals surface area contributed by atoms with Crippen molar-refractivity contribution in [3.8, 4) is 0 Å².